The zero-order chi connectivity index (χ0) is 32.6. The van der Waals surface area contributed by atoms with Gasteiger partial charge >= 0.3 is 11.9 Å². The van der Waals surface area contributed by atoms with Crippen LogP contribution < -0.4 is 44.6 Å². The molecule has 0 fully saturated rings. The normalized spacial score (nSPS) is 14.6. The van der Waals surface area contributed by atoms with Gasteiger partial charge in [-0.3, -0.25) is 19.2 Å². The molecule has 1 unspecified atom stereocenters. The number of amides is 3. The zero-order valence-corrected chi connectivity index (χ0v) is 26.7. The van der Waals surface area contributed by atoms with Crippen LogP contribution in [0.4, 0.5) is 0 Å². The largest absolute Gasteiger partial charge is 0.480 e. The second-order valence-electron chi connectivity index (χ2n) is 9.96. The van der Waals surface area contributed by atoms with E-state index in [1.807, 2.05) is 0 Å². The zero-order valence-electron chi connectivity index (χ0n) is 25.1. The monoisotopic (exact) mass is 652 g/mol. The molecule has 0 spiro atoms. The van der Waals surface area contributed by atoms with Crippen LogP contribution in [0, 0.1) is 0 Å². The van der Waals surface area contributed by atoms with Crippen LogP contribution in [-0.2, 0) is 28.7 Å². The van der Waals surface area contributed by atoms with Crippen LogP contribution in [0.25, 0.3) is 0 Å². The first-order chi connectivity index (χ1) is 20.5. The molecular weight excluding hydrogens is 600 g/mol. The fraction of sp³-hybridized carbons (Fsp3) is 0.808. The smallest absolute Gasteiger partial charge is 0.327 e. The molecule has 0 aliphatic heterocycles. The molecule has 0 aliphatic carbocycles. The molecule has 0 heterocycles. The van der Waals surface area contributed by atoms with Crippen molar-refractivity contribution < 1.29 is 33.8 Å². The van der Waals surface area contributed by atoms with E-state index >= 15 is 0 Å². The highest BCUT2D eigenvalue weighted by molar-refractivity contribution is 8.76. The molecule has 0 aromatic carbocycles. The van der Waals surface area contributed by atoms with Gasteiger partial charge in [-0.1, -0.05) is 34.4 Å². The van der Waals surface area contributed by atoms with Crippen molar-refractivity contribution in [1.82, 2.24) is 16.0 Å². The molecule has 0 aromatic rings. The molecule has 5 atom stereocenters. The number of nitrogens with two attached hydrogens (primary N) is 5. The summed E-state index contributed by atoms with van der Waals surface area (Å²) in [5.74, 6) is -3.05. The van der Waals surface area contributed by atoms with Gasteiger partial charge in [0.1, 0.15) is 18.1 Å². The number of rotatable bonds is 26. The fourth-order valence-corrected chi connectivity index (χ4v) is 5.94. The highest BCUT2D eigenvalue weighted by atomic mass is 33.1. The van der Waals surface area contributed by atoms with E-state index in [2.05, 4.69) is 16.0 Å². The number of unbranched alkanes of at least 4 members (excludes halogenated alkanes) is 3. The number of carbonyl (C=O) groups is 5. The number of aliphatic carboxylic acids is 1. The number of hydrogen-bond donors (Lipinski definition) is 9. The van der Waals surface area contributed by atoms with Gasteiger partial charge in [-0.25, -0.2) is 4.79 Å². The van der Waals surface area contributed by atoms with E-state index in [1.165, 1.54) is 10.8 Å². The molecule has 250 valence electrons. The summed E-state index contributed by atoms with van der Waals surface area (Å²) in [6.07, 6.45) is 5.08. The molecular formula is C26H52N8O7S2. The van der Waals surface area contributed by atoms with Crippen LogP contribution in [0.15, 0.2) is 0 Å². The van der Waals surface area contributed by atoms with Gasteiger partial charge in [0.05, 0.1) is 18.7 Å². The Hall–Kier alpha value is -2.15. The predicted molar refractivity (Wildman–Crippen MR) is 170 cm³/mol. The minimum atomic E-state index is -1.22. The van der Waals surface area contributed by atoms with Crippen LogP contribution in [0.2, 0.25) is 0 Å². The number of carbonyl (C=O) groups excluding carboxylic acids is 4. The first-order valence-corrected chi connectivity index (χ1v) is 17.2. The molecule has 14 N–H and O–H groups in total. The molecule has 0 radical (unpaired) electrons. The minimum absolute atomic E-state index is 0.00285. The van der Waals surface area contributed by atoms with Gasteiger partial charge in [-0.2, -0.15) is 0 Å². The van der Waals surface area contributed by atoms with Crippen molar-refractivity contribution in [3.05, 3.63) is 0 Å². The fourth-order valence-electron chi connectivity index (χ4n) is 3.62. The number of carboxylic acid groups (broad SMARTS) is 1. The molecule has 3 amide bonds. The molecule has 0 rings (SSSR count). The highest BCUT2D eigenvalue weighted by Crippen LogP contribution is 2.23. The minimum Gasteiger partial charge on any atom is -0.480 e. The number of hydrogen-bond acceptors (Lipinski definition) is 13. The standard InChI is InChI=1S/C26H52N8O7S2/c1-2-41-26(40)19(31)11-5-8-14-32-24(37)20(33-22(35)17(29)9-3-6-12-27)15-42-43-16-21(25(38)39)34-23(36)18(30)10-4-7-13-28/h17-21H,2-16,27-31H2,1H3,(H,32,37)(H,33,35)(H,34,36)(H,38,39)/t17?,18-,19-,20-,21-/m0/s1. The van der Waals surface area contributed by atoms with Crippen molar-refractivity contribution >= 4 is 51.2 Å². The second kappa shape index (κ2) is 25.2. The summed E-state index contributed by atoms with van der Waals surface area (Å²) < 4.78 is 4.88. The lowest BCUT2D eigenvalue weighted by Crippen LogP contribution is -2.52. The molecule has 43 heavy (non-hydrogen) atoms. The molecule has 0 aromatic heterocycles. The van der Waals surface area contributed by atoms with Gasteiger partial charge in [0.25, 0.3) is 0 Å². The summed E-state index contributed by atoms with van der Waals surface area (Å²) in [7, 11) is 2.31. The third kappa shape index (κ3) is 19.7. The predicted octanol–water partition coefficient (Wildman–Crippen LogP) is -1.49. The van der Waals surface area contributed by atoms with Gasteiger partial charge in [0, 0.05) is 18.1 Å². The van der Waals surface area contributed by atoms with Crippen molar-refractivity contribution in [2.24, 2.45) is 28.7 Å². The van der Waals surface area contributed by atoms with Crippen molar-refractivity contribution in [3.63, 3.8) is 0 Å². The van der Waals surface area contributed by atoms with Crippen LogP contribution in [-0.4, -0.2) is 103 Å². The number of nitrogens with one attached hydrogen (secondary N) is 3. The Morgan fingerprint density at radius 2 is 1.16 bits per heavy atom. The number of esters is 1. The van der Waals surface area contributed by atoms with E-state index in [0.717, 1.165) is 17.2 Å². The molecule has 17 heteroatoms. The average Bonchev–Trinajstić information content (AvgIpc) is 2.97. The number of carboxylic acids is 1. The topological polar surface area (TPSA) is 281 Å². The Labute approximate surface area is 262 Å². The van der Waals surface area contributed by atoms with E-state index < -0.39 is 59.9 Å². The Kier molecular flexibility index (Phi) is 23.9. The van der Waals surface area contributed by atoms with Crippen molar-refractivity contribution in [2.45, 2.75) is 94.9 Å². The summed E-state index contributed by atoms with van der Waals surface area (Å²) in [6.45, 7) is 3.20. The lowest BCUT2D eigenvalue weighted by atomic mass is 10.1. The maximum atomic E-state index is 12.9. The Morgan fingerprint density at radius 1 is 0.698 bits per heavy atom. The quantitative estimate of drug-likeness (QED) is 0.0292. The summed E-state index contributed by atoms with van der Waals surface area (Å²) in [5, 5.41) is 17.4. The summed E-state index contributed by atoms with van der Waals surface area (Å²) >= 11 is 0. The maximum absolute atomic E-state index is 12.9. The summed E-state index contributed by atoms with van der Waals surface area (Å²) in [5.41, 5.74) is 28.6. The van der Waals surface area contributed by atoms with Gasteiger partial charge in [0.2, 0.25) is 17.7 Å². The second-order valence-corrected chi connectivity index (χ2v) is 12.5. The first-order valence-electron chi connectivity index (χ1n) is 14.7. The third-order valence-corrected chi connectivity index (χ3v) is 8.66. The summed E-state index contributed by atoms with van der Waals surface area (Å²) in [4.78, 5) is 61.3. The Bertz CT molecular complexity index is 843. The van der Waals surface area contributed by atoms with Crippen molar-refractivity contribution in [3.8, 4) is 0 Å². The van der Waals surface area contributed by atoms with Gasteiger partial charge in [-0.15, -0.1) is 0 Å². The first kappa shape index (κ1) is 40.9. The lowest BCUT2D eigenvalue weighted by Gasteiger charge is -2.21. The average molecular weight is 653 g/mol. The molecule has 0 aliphatic rings. The number of ether oxygens (including phenoxy) is 1. The van der Waals surface area contributed by atoms with Crippen molar-refractivity contribution in [2.75, 3.05) is 37.7 Å². The lowest BCUT2D eigenvalue weighted by molar-refractivity contribution is -0.145. The Balaban J connectivity index is 4.97. The molecule has 0 bridgehead atoms. The van der Waals surface area contributed by atoms with E-state index in [-0.39, 0.29) is 18.1 Å². The van der Waals surface area contributed by atoms with Crippen LogP contribution in [0.3, 0.4) is 0 Å². The van der Waals surface area contributed by atoms with Gasteiger partial charge in [0.15, 0.2) is 0 Å². The van der Waals surface area contributed by atoms with E-state index in [9.17, 15) is 29.1 Å². The Morgan fingerprint density at radius 3 is 1.65 bits per heavy atom. The highest BCUT2D eigenvalue weighted by Gasteiger charge is 2.26. The molecule has 0 saturated carbocycles. The van der Waals surface area contributed by atoms with Crippen molar-refractivity contribution in [1.29, 1.82) is 0 Å². The van der Waals surface area contributed by atoms with E-state index in [4.69, 9.17) is 33.4 Å². The maximum Gasteiger partial charge on any atom is 0.327 e. The van der Waals surface area contributed by atoms with Crippen LogP contribution in [0.5, 0.6) is 0 Å². The molecule has 0 saturated heterocycles. The van der Waals surface area contributed by atoms with Gasteiger partial charge in [-0.05, 0) is 65.0 Å². The molecule has 15 nitrogen and oxygen atoms in total. The SMILES string of the molecule is CCOC(=O)[C@@H](N)CCCCNC(=O)[C@H](CSSC[C@H](NC(=O)[C@@H](N)CCCCN)C(=O)O)NC(=O)C(N)CCCCN. The van der Waals surface area contributed by atoms with E-state index in [0.29, 0.717) is 71.0 Å². The summed E-state index contributed by atoms with van der Waals surface area (Å²) in [6, 6.07) is -4.53. The van der Waals surface area contributed by atoms with Crippen LogP contribution in [0.1, 0.15) is 64.7 Å². The van der Waals surface area contributed by atoms with E-state index in [1.54, 1.807) is 6.92 Å². The van der Waals surface area contributed by atoms with Crippen LogP contribution >= 0.6 is 21.6 Å². The van der Waals surface area contributed by atoms with Gasteiger partial charge < -0.3 is 54.5 Å². The third-order valence-electron chi connectivity index (χ3n) is 6.24.